The zero-order valence-electron chi connectivity index (χ0n) is 30.1. The fraction of sp³-hybridized carbons (Fsp3) is 0.583. The van der Waals surface area contributed by atoms with Crippen molar-refractivity contribution >= 4 is 12.0 Å². The largest absolute Gasteiger partial charge is 0.507 e. The van der Waals surface area contributed by atoms with Crippen LogP contribution in [0.4, 0.5) is 4.79 Å². The van der Waals surface area contributed by atoms with Crippen molar-refractivity contribution in [2.75, 3.05) is 41.4 Å². The minimum Gasteiger partial charge on any atom is -0.507 e. The number of piperazine rings is 1. The molecule has 4 heterocycles. The van der Waals surface area contributed by atoms with E-state index in [1.807, 2.05) is 14.0 Å². The summed E-state index contributed by atoms with van der Waals surface area (Å²) < 4.78 is 34.7. The lowest BCUT2D eigenvalue weighted by atomic mass is 9.71. The van der Waals surface area contributed by atoms with Crippen LogP contribution in [0, 0.1) is 25.2 Å². The number of phenolic OH excluding ortho intramolecular Hbond substituents is 1. The molecule has 2 bridgehead atoms. The fourth-order valence-electron chi connectivity index (χ4n) is 8.18. The molecule has 1 fully saturated rings. The highest BCUT2D eigenvalue weighted by Crippen LogP contribution is 2.58. The second-order valence-electron chi connectivity index (χ2n) is 14.4. The summed E-state index contributed by atoms with van der Waals surface area (Å²) in [5, 5.41) is 28.2. The third-order valence-corrected chi connectivity index (χ3v) is 10.2. The minimum atomic E-state index is -0.915. The average molecular weight is 694 g/mol. The normalized spacial score (nSPS) is 24.2. The van der Waals surface area contributed by atoms with Gasteiger partial charge in [0.2, 0.25) is 12.7 Å². The van der Waals surface area contributed by atoms with Crippen molar-refractivity contribution in [2.45, 2.75) is 96.2 Å². The van der Waals surface area contributed by atoms with Gasteiger partial charge in [0.1, 0.15) is 23.4 Å². The van der Waals surface area contributed by atoms with Crippen LogP contribution in [0.2, 0.25) is 0 Å². The Labute approximate surface area is 292 Å². The lowest BCUT2D eigenvalue weighted by Gasteiger charge is -2.60. The number of nitrogens with zero attached hydrogens (tertiary/aromatic N) is 3. The minimum absolute atomic E-state index is 0.0117. The number of hydrogen-bond acceptors (Lipinski definition) is 12. The number of rotatable bonds is 8. The van der Waals surface area contributed by atoms with Crippen LogP contribution < -0.4 is 29.6 Å². The van der Waals surface area contributed by atoms with Crippen LogP contribution in [-0.2, 0) is 27.1 Å². The molecule has 14 nitrogen and oxygen atoms in total. The second kappa shape index (κ2) is 13.4. The number of alkyl carbamates (subject to hydrolysis) is 1. The van der Waals surface area contributed by atoms with E-state index in [1.54, 1.807) is 48.8 Å². The molecule has 4 aliphatic rings. The van der Waals surface area contributed by atoms with Crippen LogP contribution >= 0.6 is 0 Å². The van der Waals surface area contributed by atoms with E-state index in [0.717, 1.165) is 16.7 Å². The maximum Gasteiger partial charge on any atom is 0.408 e. The smallest absolute Gasteiger partial charge is 0.408 e. The fourth-order valence-corrected chi connectivity index (χ4v) is 8.18. The summed E-state index contributed by atoms with van der Waals surface area (Å²) in [5.74, 6) is 1.78. The van der Waals surface area contributed by atoms with Gasteiger partial charge in [0.25, 0.3) is 0 Å². The molecule has 6 atom stereocenters. The summed E-state index contributed by atoms with van der Waals surface area (Å²) in [6, 6.07) is 1.73. The molecule has 4 aliphatic heterocycles. The summed E-state index contributed by atoms with van der Waals surface area (Å²) in [6.45, 7) is 10.6. The third-order valence-electron chi connectivity index (χ3n) is 10.2. The van der Waals surface area contributed by atoms with Gasteiger partial charge in [-0.1, -0.05) is 6.07 Å². The molecule has 1 saturated heterocycles. The molecule has 14 heteroatoms. The summed E-state index contributed by atoms with van der Waals surface area (Å²) in [6.07, 6.45) is 0.232. The van der Waals surface area contributed by atoms with Crippen molar-refractivity contribution in [3.8, 4) is 34.8 Å². The van der Waals surface area contributed by atoms with Gasteiger partial charge in [-0.2, -0.15) is 5.26 Å². The van der Waals surface area contributed by atoms with Crippen molar-refractivity contribution in [1.29, 1.82) is 5.26 Å². The highest BCUT2D eigenvalue weighted by Gasteiger charge is 2.57. The molecule has 0 aromatic heterocycles. The first-order valence-electron chi connectivity index (χ1n) is 16.8. The maximum absolute atomic E-state index is 13.5. The number of fused-ring (bicyclic) bond motifs is 9. The van der Waals surface area contributed by atoms with E-state index in [1.165, 1.54) is 0 Å². The van der Waals surface area contributed by atoms with Crippen LogP contribution in [0.1, 0.15) is 73.2 Å². The van der Waals surface area contributed by atoms with Gasteiger partial charge in [0.05, 0.1) is 25.3 Å². The van der Waals surface area contributed by atoms with Crippen molar-refractivity contribution in [1.82, 2.24) is 20.4 Å². The molecule has 270 valence electrons. The van der Waals surface area contributed by atoms with Gasteiger partial charge < -0.3 is 44.2 Å². The molecule has 50 heavy (non-hydrogen) atoms. The van der Waals surface area contributed by atoms with Crippen molar-refractivity contribution in [3.05, 3.63) is 39.4 Å². The Morgan fingerprint density at radius 2 is 1.84 bits per heavy atom. The number of carbonyl (C=O) groups is 2. The predicted octanol–water partition coefficient (Wildman–Crippen LogP) is 3.53. The molecule has 3 N–H and O–H groups in total. The van der Waals surface area contributed by atoms with Crippen LogP contribution in [0.3, 0.4) is 0 Å². The predicted molar refractivity (Wildman–Crippen MR) is 181 cm³/mol. The Morgan fingerprint density at radius 1 is 1.12 bits per heavy atom. The van der Waals surface area contributed by atoms with E-state index in [2.05, 4.69) is 32.6 Å². The van der Waals surface area contributed by atoms with Crippen molar-refractivity contribution < 1.29 is 43.1 Å². The first-order chi connectivity index (χ1) is 23.7. The van der Waals surface area contributed by atoms with Gasteiger partial charge in [-0.25, -0.2) is 4.79 Å². The molecule has 6 rings (SSSR count). The number of phenols is 1. The third kappa shape index (κ3) is 5.91. The molecule has 0 aliphatic carbocycles. The lowest BCUT2D eigenvalue weighted by molar-refractivity contribution is -0.123. The van der Waals surface area contributed by atoms with Crippen LogP contribution in [-0.4, -0.2) is 98.1 Å². The standard InChI is InChI=1S/C36H47N5O9/c1-17-10-20-11-22-24(13-37)41-23(28(40(22)7)26(20)32(30(17)46-9)47-15-45-8)12-21-27(33-31(48-16-49-33)18(2)29(21)42)25(41)14-38-34(43)19(3)39-35(44)50-36(4,5)6/h10,19,22-25,28,42H,11-12,14-16H2,1-9H3,(H,38,43)(H,39,44)/t19-,22-,23?,24-,25-,28?/m0/s1. The highest BCUT2D eigenvalue weighted by molar-refractivity contribution is 5.85. The van der Waals surface area contributed by atoms with Gasteiger partial charge in [-0.05, 0) is 72.6 Å². The molecule has 2 aromatic carbocycles. The van der Waals surface area contributed by atoms with Gasteiger partial charge in [-0.3, -0.25) is 14.6 Å². The first-order valence-corrected chi connectivity index (χ1v) is 16.8. The molecular formula is C36H47N5O9. The number of carbonyl (C=O) groups excluding carboxylic acids is 2. The zero-order chi connectivity index (χ0) is 36.2. The number of aromatic hydroxyl groups is 1. The van der Waals surface area contributed by atoms with Crippen molar-refractivity contribution in [3.63, 3.8) is 0 Å². The number of amides is 2. The zero-order valence-corrected chi connectivity index (χ0v) is 30.1. The first kappa shape index (κ1) is 35.4. The van der Waals surface area contributed by atoms with E-state index < -0.39 is 35.7 Å². The van der Waals surface area contributed by atoms with Gasteiger partial charge in [-0.15, -0.1) is 0 Å². The average Bonchev–Trinajstić information content (AvgIpc) is 3.54. The molecule has 2 aromatic rings. The number of methoxy groups -OCH3 is 2. The topological polar surface area (TPSA) is 164 Å². The maximum atomic E-state index is 13.5. The summed E-state index contributed by atoms with van der Waals surface area (Å²) in [4.78, 5) is 30.4. The molecular weight excluding hydrogens is 646 g/mol. The van der Waals surface area contributed by atoms with Crippen LogP contribution in [0.15, 0.2) is 6.07 Å². The Bertz CT molecular complexity index is 1730. The van der Waals surface area contributed by atoms with E-state index in [0.29, 0.717) is 52.5 Å². The quantitative estimate of drug-likeness (QED) is 0.345. The molecule has 0 saturated carbocycles. The summed E-state index contributed by atoms with van der Waals surface area (Å²) in [7, 11) is 5.20. The molecule has 2 amide bonds. The molecule has 2 unspecified atom stereocenters. The number of nitrogens with one attached hydrogen (secondary N) is 2. The van der Waals surface area contributed by atoms with E-state index >= 15 is 0 Å². The Hall–Kier alpha value is -4.45. The van der Waals surface area contributed by atoms with Crippen molar-refractivity contribution in [2.24, 2.45) is 0 Å². The van der Waals surface area contributed by atoms with Crippen LogP contribution in [0.5, 0.6) is 28.7 Å². The van der Waals surface area contributed by atoms with Gasteiger partial charge in [0, 0.05) is 48.0 Å². The van der Waals surface area contributed by atoms with E-state index in [-0.39, 0.29) is 44.0 Å². The highest BCUT2D eigenvalue weighted by atomic mass is 16.7. The Balaban J connectivity index is 1.46. The number of hydrogen-bond donors (Lipinski definition) is 3. The second-order valence-corrected chi connectivity index (χ2v) is 14.4. The van der Waals surface area contributed by atoms with E-state index in [4.69, 9.17) is 28.4 Å². The number of benzene rings is 2. The summed E-state index contributed by atoms with van der Waals surface area (Å²) >= 11 is 0. The Kier molecular flexibility index (Phi) is 9.45. The van der Waals surface area contributed by atoms with Gasteiger partial charge >= 0.3 is 6.09 Å². The number of nitriles is 1. The number of ether oxygens (including phenoxy) is 6. The molecule has 0 radical (unpaired) electrons. The summed E-state index contributed by atoms with van der Waals surface area (Å²) in [5.41, 5.74) is 4.08. The lowest BCUT2D eigenvalue weighted by Crippen LogP contribution is -2.69. The monoisotopic (exact) mass is 693 g/mol. The van der Waals surface area contributed by atoms with Gasteiger partial charge in [0.15, 0.2) is 29.8 Å². The molecule has 0 spiro atoms. The number of likely N-dealkylation sites (N-methyl/N-ethyl adjacent to an activating group) is 1. The van der Waals surface area contributed by atoms with E-state index in [9.17, 15) is 20.0 Å². The van der Waals surface area contributed by atoms with Crippen LogP contribution in [0.25, 0.3) is 0 Å². The Morgan fingerprint density at radius 3 is 2.50 bits per heavy atom. The SMILES string of the molecule is COCOc1c(OC)c(C)cc2c1C1C3Cc4c(O)c(C)c5c(c4[C@H](CNC(=O)[C@H](C)NC(=O)OC(C)(C)C)N3[C@@H](C#N)[C@H](C2)N1C)OCO5. The number of aryl methyl sites for hydroxylation is 1.